The Kier molecular flexibility index (Phi) is 5.77. The van der Waals surface area contributed by atoms with Crippen LogP contribution >= 0.6 is 0 Å². The number of rotatable bonds is 6. The van der Waals surface area contributed by atoms with E-state index in [0.717, 1.165) is 11.1 Å². The Balaban J connectivity index is 2.16. The van der Waals surface area contributed by atoms with Gasteiger partial charge in [-0.3, -0.25) is 14.5 Å². The van der Waals surface area contributed by atoms with Crippen molar-refractivity contribution in [3.63, 3.8) is 0 Å². The molecular weight excluding hydrogens is 374 g/mol. The summed E-state index contributed by atoms with van der Waals surface area (Å²) in [5.74, 6) is 4.73. The summed E-state index contributed by atoms with van der Waals surface area (Å²) < 4.78 is 28.2. The van der Waals surface area contributed by atoms with Crippen LogP contribution in [0.25, 0.3) is 0 Å². The zero-order valence-electron chi connectivity index (χ0n) is 15.4. The van der Waals surface area contributed by atoms with E-state index in [1.165, 1.54) is 4.31 Å². The standard InChI is InChI=1S/C21H21N3O3S/c1-16-11-13-18(14-12-16)28(26,27)24(15-17-7-3-2-4-8-17)20-10-6-5-9-19(20)21(25)23-22/h2-14H,15,22H2,1H3,(H,23,25). The molecule has 0 unspecified atom stereocenters. The van der Waals surface area contributed by atoms with Gasteiger partial charge in [-0.05, 0) is 36.8 Å². The summed E-state index contributed by atoms with van der Waals surface area (Å²) in [4.78, 5) is 12.4. The number of nitrogens with two attached hydrogens (primary N) is 1. The summed E-state index contributed by atoms with van der Waals surface area (Å²) >= 11 is 0. The zero-order valence-corrected chi connectivity index (χ0v) is 16.2. The molecule has 0 fully saturated rings. The highest BCUT2D eigenvalue weighted by molar-refractivity contribution is 7.92. The van der Waals surface area contributed by atoms with E-state index in [2.05, 4.69) is 5.43 Å². The number of carbonyl (C=O) groups excluding carboxylic acids is 1. The number of anilines is 1. The van der Waals surface area contributed by atoms with Crippen molar-refractivity contribution in [2.24, 2.45) is 5.84 Å². The summed E-state index contributed by atoms with van der Waals surface area (Å²) in [6.45, 7) is 1.96. The van der Waals surface area contributed by atoms with E-state index in [9.17, 15) is 13.2 Å². The van der Waals surface area contributed by atoms with E-state index in [1.807, 2.05) is 37.3 Å². The van der Waals surface area contributed by atoms with E-state index in [4.69, 9.17) is 5.84 Å². The average Bonchev–Trinajstić information content (AvgIpc) is 2.72. The predicted molar refractivity (Wildman–Crippen MR) is 109 cm³/mol. The number of hydrazine groups is 1. The SMILES string of the molecule is Cc1ccc(S(=O)(=O)N(Cc2ccccc2)c2ccccc2C(=O)NN)cc1. The molecule has 0 aliphatic rings. The maximum Gasteiger partial charge on any atom is 0.267 e. The quantitative estimate of drug-likeness (QED) is 0.381. The first-order valence-corrected chi connectivity index (χ1v) is 10.1. The largest absolute Gasteiger partial charge is 0.290 e. The van der Waals surface area contributed by atoms with Crippen molar-refractivity contribution in [3.8, 4) is 0 Å². The molecule has 0 saturated carbocycles. The normalized spacial score (nSPS) is 11.1. The lowest BCUT2D eigenvalue weighted by Gasteiger charge is -2.26. The van der Waals surface area contributed by atoms with E-state index in [1.54, 1.807) is 48.5 Å². The Morgan fingerprint density at radius 1 is 0.929 bits per heavy atom. The average molecular weight is 395 g/mol. The lowest BCUT2D eigenvalue weighted by atomic mass is 10.1. The topological polar surface area (TPSA) is 92.5 Å². The van der Waals surface area contributed by atoms with Gasteiger partial charge in [0.1, 0.15) is 0 Å². The first-order chi connectivity index (χ1) is 13.4. The second kappa shape index (κ2) is 8.24. The van der Waals surface area contributed by atoms with Gasteiger partial charge in [-0.15, -0.1) is 0 Å². The molecule has 0 aromatic heterocycles. The van der Waals surface area contributed by atoms with Gasteiger partial charge in [-0.1, -0.05) is 60.2 Å². The minimum Gasteiger partial charge on any atom is -0.290 e. The number of hydrogen-bond donors (Lipinski definition) is 2. The van der Waals surface area contributed by atoms with Gasteiger partial charge in [0, 0.05) is 0 Å². The number of nitrogens with zero attached hydrogens (tertiary/aromatic N) is 1. The Hall–Kier alpha value is -3.16. The van der Waals surface area contributed by atoms with Gasteiger partial charge in [-0.25, -0.2) is 14.3 Å². The van der Waals surface area contributed by atoms with Crippen molar-refractivity contribution in [1.29, 1.82) is 0 Å². The molecule has 7 heteroatoms. The Morgan fingerprint density at radius 3 is 2.18 bits per heavy atom. The number of benzene rings is 3. The van der Waals surface area contributed by atoms with Gasteiger partial charge in [-0.2, -0.15) is 0 Å². The van der Waals surface area contributed by atoms with Crippen LogP contribution in [0.3, 0.4) is 0 Å². The highest BCUT2D eigenvalue weighted by atomic mass is 32.2. The second-order valence-electron chi connectivity index (χ2n) is 6.30. The van der Waals surface area contributed by atoms with E-state index in [-0.39, 0.29) is 22.7 Å². The molecule has 6 nitrogen and oxygen atoms in total. The molecule has 3 aromatic carbocycles. The molecule has 0 bridgehead atoms. The smallest absolute Gasteiger partial charge is 0.267 e. The van der Waals surface area contributed by atoms with Crippen molar-refractivity contribution in [2.75, 3.05) is 4.31 Å². The molecule has 1 amide bonds. The first-order valence-electron chi connectivity index (χ1n) is 8.67. The van der Waals surface area contributed by atoms with Gasteiger partial charge in [0.2, 0.25) is 0 Å². The van der Waals surface area contributed by atoms with Crippen molar-refractivity contribution in [1.82, 2.24) is 5.43 Å². The van der Waals surface area contributed by atoms with Crippen LogP contribution in [0.1, 0.15) is 21.5 Å². The monoisotopic (exact) mass is 395 g/mol. The molecule has 0 aliphatic heterocycles. The number of aryl methyl sites for hydroxylation is 1. The molecule has 0 saturated heterocycles. The first kappa shape index (κ1) is 19.6. The lowest BCUT2D eigenvalue weighted by molar-refractivity contribution is 0.0954. The fourth-order valence-corrected chi connectivity index (χ4v) is 4.32. The number of hydrogen-bond acceptors (Lipinski definition) is 4. The molecule has 0 aliphatic carbocycles. The minimum atomic E-state index is -3.92. The van der Waals surface area contributed by atoms with Crippen LogP contribution in [-0.2, 0) is 16.6 Å². The van der Waals surface area contributed by atoms with Crippen LogP contribution in [0.5, 0.6) is 0 Å². The number of sulfonamides is 1. The molecule has 144 valence electrons. The van der Waals surface area contributed by atoms with E-state index >= 15 is 0 Å². The van der Waals surface area contributed by atoms with E-state index in [0.29, 0.717) is 0 Å². The Bertz CT molecular complexity index is 1070. The Labute approximate surface area is 164 Å². The fraction of sp³-hybridized carbons (Fsp3) is 0.0952. The van der Waals surface area contributed by atoms with Gasteiger partial charge < -0.3 is 0 Å². The van der Waals surface area contributed by atoms with Crippen LogP contribution in [0.4, 0.5) is 5.69 Å². The highest BCUT2D eigenvalue weighted by Crippen LogP contribution is 2.29. The van der Waals surface area contributed by atoms with Crippen LogP contribution < -0.4 is 15.6 Å². The number of nitrogen functional groups attached to an aromatic ring is 1. The third kappa shape index (κ3) is 4.05. The third-order valence-corrected chi connectivity index (χ3v) is 6.10. The maximum absolute atomic E-state index is 13.5. The summed E-state index contributed by atoms with van der Waals surface area (Å²) in [5, 5.41) is 0. The molecule has 3 rings (SSSR count). The van der Waals surface area contributed by atoms with Crippen LogP contribution in [0, 0.1) is 6.92 Å². The predicted octanol–water partition coefficient (Wildman–Crippen LogP) is 2.99. The van der Waals surface area contributed by atoms with Crippen LogP contribution in [0.2, 0.25) is 0 Å². The van der Waals surface area contributed by atoms with E-state index < -0.39 is 15.9 Å². The van der Waals surface area contributed by atoms with Crippen molar-refractivity contribution in [3.05, 3.63) is 95.6 Å². The fourth-order valence-electron chi connectivity index (χ4n) is 2.85. The molecule has 0 spiro atoms. The third-order valence-electron chi connectivity index (χ3n) is 4.33. The summed E-state index contributed by atoms with van der Waals surface area (Å²) in [7, 11) is -3.92. The lowest BCUT2D eigenvalue weighted by Crippen LogP contribution is -2.35. The zero-order chi connectivity index (χ0) is 20.1. The molecule has 0 radical (unpaired) electrons. The summed E-state index contributed by atoms with van der Waals surface area (Å²) in [5.41, 5.74) is 4.26. The van der Waals surface area contributed by atoms with Crippen molar-refractivity contribution >= 4 is 21.6 Å². The van der Waals surface area contributed by atoms with Gasteiger partial charge in [0.05, 0.1) is 22.7 Å². The van der Waals surface area contributed by atoms with Crippen molar-refractivity contribution < 1.29 is 13.2 Å². The highest BCUT2D eigenvalue weighted by Gasteiger charge is 2.28. The summed E-state index contributed by atoms with van der Waals surface area (Å²) in [6.07, 6.45) is 0. The molecule has 3 N–H and O–H groups in total. The van der Waals surface area contributed by atoms with Crippen molar-refractivity contribution in [2.45, 2.75) is 18.4 Å². The number of amides is 1. The van der Waals surface area contributed by atoms with Gasteiger partial charge in [0.15, 0.2) is 0 Å². The molecule has 0 heterocycles. The number of para-hydroxylation sites is 1. The van der Waals surface area contributed by atoms with Gasteiger partial charge >= 0.3 is 0 Å². The number of nitrogens with one attached hydrogen (secondary N) is 1. The molecular formula is C21H21N3O3S. The summed E-state index contributed by atoms with van der Waals surface area (Å²) in [6, 6.07) is 22.3. The minimum absolute atomic E-state index is 0.0753. The Morgan fingerprint density at radius 2 is 1.54 bits per heavy atom. The van der Waals surface area contributed by atoms with Crippen LogP contribution in [0.15, 0.2) is 83.8 Å². The van der Waals surface area contributed by atoms with Gasteiger partial charge in [0.25, 0.3) is 15.9 Å². The van der Waals surface area contributed by atoms with Crippen LogP contribution in [-0.4, -0.2) is 14.3 Å². The maximum atomic E-state index is 13.5. The molecule has 28 heavy (non-hydrogen) atoms. The molecule has 3 aromatic rings. The second-order valence-corrected chi connectivity index (χ2v) is 8.16. The molecule has 0 atom stereocenters. The number of carbonyl (C=O) groups is 1.